The molecule has 1 aliphatic heterocycles. The highest BCUT2D eigenvalue weighted by molar-refractivity contribution is 5.73. The number of carbonyl (C=O) groups excluding carboxylic acids is 1. The quantitative estimate of drug-likeness (QED) is 0.679. The molecule has 2 aromatic carbocycles. The Kier molecular flexibility index (Phi) is 5.90. The summed E-state index contributed by atoms with van der Waals surface area (Å²) >= 11 is 0. The fraction of sp³-hybridized carbons (Fsp3) is 0.350. The first-order valence-electron chi connectivity index (χ1n) is 8.71. The number of hydrogen-bond donors (Lipinski definition) is 3. The average Bonchev–Trinajstić information content (AvgIpc) is 3.12. The van der Waals surface area contributed by atoms with Gasteiger partial charge in [0.25, 0.3) is 0 Å². The smallest absolute Gasteiger partial charge is 0.314 e. The van der Waals surface area contributed by atoms with E-state index in [0.717, 1.165) is 36.1 Å². The number of rotatable bonds is 7. The van der Waals surface area contributed by atoms with Crippen LogP contribution in [0.15, 0.2) is 48.5 Å². The zero-order chi connectivity index (χ0) is 17.5. The van der Waals surface area contributed by atoms with Crippen LogP contribution in [0, 0.1) is 0 Å². The Balaban J connectivity index is 1.35. The number of amides is 2. The number of fused-ring (bicyclic) bond motifs is 1. The number of hydrogen-bond acceptors (Lipinski definition) is 3. The average molecular weight is 340 g/mol. The highest BCUT2D eigenvalue weighted by Crippen LogP contribution is 2.27. The van der Waals surface area contributed by atoms with Crippen molar-refractivity contribution in [3.63, 3.8) is 0 Å². The topological polar surface area (TPSA) is 70.6 Å². The molecule has 1 atom stereocenters. The van der Waals surface area contributed by atoms with Gasteiger partial charge >= 0.3 is 6.03 Å². The minimum Gasteiger partial charge on any atom is -0.493 e. The van der Waals surface area contributed by atoms with Crippen LogP contribution >= 0.6 is 0 Å². The van der Waals surface area contributed by atoms with E-state index < -0.39 is 6.10 Å². The predicted octanol–water partition coefficient (Wildman–Crippen LogP) is 2.59. The van der Waals surface area contributed by atoms with E-state index >= 15 is 0 Å². The SMILES string of the molecule is O=C(NCCCc1ccccc1)NCC(O)c1ccc2c(c1)CCO2. The Hall–Kier alpha value is -2.53. The van der Waals surface area contributed by atoms with Crippen LogP contribution in [0.3, 0.4) is 0 Å². The van der Waals surface area contributed by atoms with Crippen LogP contribution in [0.2, 0.25) is 0 Å². The van der Waals surface area contributed by atoms with Gasteiger partial charge in [0, 0.05) is 19.5 Å². The molecule has 0 fully saturated rings. The Bertz CT molecular complexity index is 703. The third-order valence-electron chi connectivity index (χ3n) is 4.32. The lowest BCUT2D eigenvalue weighted by atomic mass is 10.0. The number of benzene rings is 2. The van der Waals surface area contributed by atoms with E-state index in [0.29, 0.717) is 13.2 Å². The number of urea groups is 1. The third-order valence-corrected chi connectivity index (χ3v) is 4.32. The first-order chi connectivity index (χ1) is 12.2. The Morgan fingerprint density at radius 3 is 2.84 bits per heavy atom. The maximum Gasteiger partial charge on any atom is 0.314 e. The van der Waals surface area contributed by atoms with Gasteiger partial charge in [-0.05, 0) is 41.7 Å². The molecule has 0 radical (unpaired) electrons. The summed E-state index contributed by atoms with van der Waals surface area (Å²) in [5.74, 6) is 0.889. The van der Waals surface area contributed by atoms with Crippen molar-refractivity contribution in [1.29, 1.82) is 0 Å². The maximum atomic E-state index is 11.8. The summed E-state index contributed by atoms with van der Waals surface area (Å²) < 4.78 is 5.46. The molecule has 3 rings (SSSR count). The van der Waals surface area contributed by atoms with Crippen molar-refractivity contribution in [2.75, 3.05) is 19.7 Å². The number of ether oxygens (including phenoxy) is 1. The monoisotopic (exact) mass is 340 g/mol. The van der Waals surface area contributed by atoms with Crippen molar-refractivity contribution in [1.82, 2.24) is 10.6 Å². The molecule has 5 heteroatoms. The van der Waals surface area contributed by atoms with Crippen molar-refractivity contribution in [2.24, 2.45) is 0 Å². The summed E-state index contributed by atoms with van der Waals surface area (Å²) in [4.78, 5) is 11.8. The fourth-order valence-corrected chi connectivity index (χ4v) is 2.92. The molecule has 1 aliphatic rings. The number of aryl methyl sites for hydroxylation is 1. The van der Waals surface area contributed by atoms with Gasteiger partial charge in [-0.1, -0.05) is 36.4 Å². The Morgan fingerprint density at radius 2 is 2.00 bits per heavy atom. The minimum absolute atomic E-state index is 0.185. The summed E-state index contributed by atoms with van der Waals surface area (Å²) in [6.45, 7) is 1.48. The molecule has 0 saturated heterocycles. The molecule has 0 bridgehead atoms. The molecular weight excluding hydrogens is 316 g/mol. The van der Waals surface area contributed by atoms with Crippen molar-refractivity contribution < 1.29 is 14.6 Å². The summed E-state index contributed by atoms with van der Waals surface area (Å²) in [6, 6.07) is 15.6. The number of nitrogens with one attached hydrogen (secondary N) is 2. The molecule has 25 heavy (non-hydrogen) atoms. The number of carbonyl (C=O) groups is 1. The van der Waals surface area contributed by atoms with Crippen LogP contribution < -0.4 is 15.4 Å². The van der Waals surface area contributed by atoms with Crippen LogP contribution in [-0.2, 0) is 12.8 Å². The van der Waals surface area contributed by atoms with Crippen LogP contribution in [-0.4, -0.2) is 30.8 Å². The van der Waals surface area contributed by atoms with E-state index in [9.17, 15) is 9.90 Å². The first kappa shape index (κ1) is 17.3. The first-order valence-corrected chi connectivity index (χ1v) is 8.71. The molecule has 1 heterocycles. The highest BCUT2D eigenvalue weighted by Gasteiger charge is 2.15. The van der Waals surface area contributed by atoms with Gasteiger partial charge in [-0.2, -0.15) is 0 Å². The second-order valence-corrected chi connectivity index (χ2v) is 6.21. The molecular formula is C20H24N2O3. The van der Waals surface area contributed by atoms with Gasteiger partial charge < -0.3 is 20.5 Å². The van der Waals surface area contributed by atoms with Crippen molar-refractivity contribution in [3.8, 4) is 5.75 Å². The summed E-state index contributed by atoms with van der Waals surface area (Å²) in [5.41, 5.74) is 3.18. The summed E-state index contributed by atoms with van der Waals surface area (Å²) in [6.07, 6.45) is 1.96. The van der Waals surface area contributed by atoms with E-state index in [4.69, 9.17) is 4.74 Å². The lowest BCUT2D eigenvalue weighted by Gasteiger charge is -2.14. The third kappa shape index (κ3) is 4.97. The molecule has 5 nitrogen and oxygen atoms in total. The molecule has 1 unspecified atom stereocenters. The zero-order valence-corrected chi connectivity index (χ0v) is 14.2. The van der Waals surface area contributed by atoms with Crippen LogP contribution in [0.5, 0.6) is 5.75 Å². The zero-order valence-electron chi connectivity index (χ0n) is 14.2. The van der Waals surface area contributed by atoms with E-state index in [1.54, 1.807) is 0 Å². The van der Waals surface area contributed by atoms with Gasteiger partial charge in [0.05, 0.1) is 12.7 Å². The predicted molar refractivity (Wildman–Crippen MR) is 96.8 cm³/mol. The van der Waals surface area contributed by atoms with Crippen LogP contribution in [0.25, 0.3) is 0 Å². The summed E-state index contributed by atoms with van der Waals surface area (Å²) in [7, 11) is 0. The van der Waals surface area contributed by atoms with Gasteiger partial charge in [0.2, 0.25) is 0 Å². The molecule has 3 N–H and O–H groups in total. The van der Waals surface area contributed by atoms with E-state index in [-0.39, 0.29) is 12.6 Å². The molecule has 0 aliphatic carbocycles. The lowest BCUT2D eigenvalue weighted by Crippen LogP contribution is -2.38. The van der Waals surface area contributed by atoms with Crippen molar-refractivity contribution in [3.05, 3.63) is 65.2 Å². The van der Waals surface area contributed by atoms with E-state index in [1.165, 1.54) is 5.56 Å². The second kappa shape index (κ2) is 8.53. The van der Waals surface area contributed by atoms with Crippen molar-refractivity contribution in [2.45, 2.75) is 25.4 Å². The maximum absolute atomic E-state index is 11.8. The van der Waals surface area contributed by atoms with Gasteiger partial charge in [0.15, 0.2) is 0 Å². The number of aliphatic hydroxyl groups is 1. The van der Waals surface area contributed by atoms with Crippen LogP contribution in [0.4, 0.5) is 4.79 Å². The molecule has 2 aromatic rings. The van der Waals surface area contributed by atoms with E-state index in [2.05, 4.69) is 22.8 Å². The molecule has 0 aromatic heterocycles. The molecule has 132 valence electrons. The minimum atomic E-state index is -0.721. The van der Waals surface area contributed by atoms with Crippen LogP contribution in [0.1, 0.15) is 29.2 Å². The van der Waals surface area contributed by atoms with Gasteiger partial charge in [0.1, 0.15) is 5.75 Å². The summed E-state index contributed by atoms with van der Waals surface area (Å²) in [5, 5.41) is 15.8. The molecule has 2 amide bonds. The second-order valence-electron chi connectivity index (χ2n) is 6.21. The van der Waals surface area contributed by atoms with Gasteiger partial charge in [-0.25, -0.2) is 4.79 Å². The number of aliphatic hydroxyl groups excluding tert-OH is 1. The molecule has 0 spiro atoms. The normalized spacial score (nSPS) is 13.6. The lowest BCUT2D eigenvalue weighted by molar-refractivity contribution is 0.173. The Morgan fingerprint density at radius 1 is 1.16 bits per heavy atom. The van der Waals surface area contributed by atoms with E-state index in [1.807, 2.05) is 36.4 Å². The Labute approximate surface area is 148 Å². The van der Waals surface area contributed by atoms with Crippen molar-refractivity contribution >= 4 is 6.03 Å². The van der Waals surface area contributed by atoms with Gasteiger partial charge in [-0.15, -0.1) is 0 Å². The standard InChI is InChI=1S/C20H24N2O3/c23-18(16-8-9-19-17(13-16)10-12-25-19)14-22-20(24)21-11-4-7-15-5-2-1-3-6-15/h1-3,5-6,8-9,13,18,23H,4,7,10-12,14H2,(H2,21,22,24). The van der Waals surface area contributed by atoms with Gasteiger partial charge in [-0.3, -0.25) is 0 Å². The highest BCUT2D eigenvalue weighted by atomic mass is 16.5. The largest absolute Gasteiger partial charge is 0.493 e. The molecule has 0 saturated carbocycles. The fourth-order valence-electron chi connectivity index (χ4n) is 2.92.